The molecular formula is C16H15BrCl2O2. The van der Waals surface area contributed by atoms with Crippen molar-refractivity contribution in [2.24, 2.45) is 0 Å². The molecule has 0 saturated carbocycles. The first-order chi connectivity index (χ1) is 10.1. The van der Waals surface area contributed by atoms with Crippen molar-refractivity contribution >= 4 is 39.1 Å². The summed E-state index contributed by atoms with van der Waals surface area (Å²) in [6.07, 6.45) is 0.710. The second kappa shape index (κ2) is 7.92. The van der Waals surface area contributed by atoms with Crippen molar-refractivity contribution in [1.29, 1.82) is 0 Å². The standard InChI is InChI=1S/C16H15BrCl2O2/c1-2-20-14-4-3-5-15(16(14)17)21-9-8-11-6-7-12(18)10-13(11)19/h3-7,10H,2,8-9H2,1H3. The van der Waals surface area contributed by atoms with Gasteiger partial charge in [-0.25, -0.2) is 0 Å². The molecule has 0 amide bonds. The zero-order valence-corrected chi connectivity index (χ0v) is 14.6. The van der Waals surface area contributed by atoms with E-state index in [1.54, 1.807) is 6.07 Å². The molecule has 0 unspecified atom stereocenters. The fourth-order valence-corrected chi connectivity index (χ4v) is 2.86. The summed E-state index contributed by atoms with van der Waals surface area (Å²) in [7, 11) is 0. The van der Waals surface area contributed by atoms with E-state index in [4.69, 9.17) is 32.7 Å². The molecule has 0 bridgehead atoms. The molecule has 2 aromatic carbocycles. The smallest absolute Gasteiger partial charge is 0.137 e. The Morgan fingerprint density at radius 3 is 2.43 bits per heavy atom. The van der Waals surface area contributed by atoms with Crippen LogP contribution in [0.1, 0.15) is 12.5 Å². The Hall–Kier alpha value is -0.900. The van der Waals surface area contributed by atoms with Crippen LogP contribution in [0, 0.1) is 0 Å². The number of hydrogen-bond acceptors (Lipinski definition) is 2. The lowest BCUT2D eigenvalue weighted by Crippen LogP contribution is -2.03. The van der Waals surface area contributed by atoms with Crippen molar-refractivity contribution in [3.8, 4) is 11.5 Å². The highest BCUT2D eigenvalue weighted by Gasteiger charge is 2.08. The molecule has 0 radical (unpaired) electrons. The summed E-state index contributed by atoms with van der Waals surface area (Å²) in [5, 5.41) is 1.30. The molecule has 0 aliphatic rings. The van der Waals surface area contributed by atoms with Gasteiger partial charge < -0.3 is 9.47 Å². The second-order valence-corrected chi connectivity index (χ2v) is 5.97. The Balaban J connectivity index is 1.99. The van der Waals surface area contributed by atoms with Crippen LogP contribution in [0.3, 0.4) is 0 Å². The van der Waals surface area contributed by atoms with E-state index in [1.165, 1.54) is 0 Å². The molecule has 0 aromatic heterocycles. The third-order valence-electron chi connectivity index (χ3n) is 2.87. The highest BCUT2D eigenvalue weighted by atomic mass is 79.9. The molecule has 0 heterocycles. The van der Waals surface area contributed by atoms with E-state index in [9.17, 15) is 0 Å². The monoisotopic (exact) mass is 388 g/mol. The topological polar surface area (TPSA) is 18.5 Å². The molecule has 2 aromatic rings. The van der Waals surface area contributed by atoms with Crippen LogP contribution in [-0.4, -0.2) is 13.2 Å². The van der Waals surface area contributed by atoms with Gasteiger partial charge in [-0.2, -0.15) is 0 Å². The third kappa shape index (κ3) is 4.53. The van der Waals surface area contributed by atoms with Crippen LogP contribution < -0.4 is 9.47 Å². The van der Waals surface area contributed by atoms with Crippen LogP contribution in [0.4, 0.5) is 0 Å². The fourth-order valence-electron chi connectivity index (χ4n) is 1.86. The number of benzene rings is 2. The van der Waals surface area contributed by atoms with Gasteiger partial charge in [-0.15, -0.1) is 0 Å². The van der Waals surface area contributed by atoms with Crippen molar-refractivity contribution < 1.29 is 9.47 Å². The molecule has 5 heteroatoms. The van der Waals surface area contributed by atoms with Gasteiger partial charge in [0.25, 0.3) is 0 Å². The molecule has 0 fully saturated rings. The van der Waals surface area contributed by atoms with Crippen LogP contribution in [0.25, 0.3) is 0 Å². The minimum atomic E-state index is 0.523. The number of hydrogen-bond donors (Lipinski definition) is 0. The van der Waals surface area contributed by atoms with E-state index in [0.29, 0.717) is 29.7 Å². The normalized spacial score (nSPS) is 10.5. The first-order valence-corrected chi connectivity index (χ1v) is 8.14. The Labute approximate surface area is 143 Å². The maximum Gasteiger partial charge on any atom is 0.137 e. The Morgan fingerprint density at radius 2 is 1.76 bits per heavy atom. The highest BCUT2D eigenvalue weighted by molar-refractivity contribution is 9.10. The molecule has 2 nitrogen and oxygen atoms in total. The summed E-state index contributed by atoms with van der Waals surface area (Å²) < 4.78 is 12.1. The van der Waals surface area contributed by atoms with Crippen LogP contribution in [0.2, 0.25) is 10.0 Å². The van der Waals surface area contributed by atoms with Crippen molar-refractivity contribution in [3.05, 3.63) is 56.5 Å². The Bertz CT molecular complexity index is 617. The van der Waals surface area contributed by atoms with E-state index < -0.39 is 0 Å². The average Bonchev–Trinajstić information content (AvgIpc) is 2.45. The van der Waals surface area contributed by atoms with Gasteiger partial charge in [0.2, 0.25) is 0 Å². The van der Waals surface area contributed by atoms with Crippen molar-refractivity contribution in [3.63, 3.8) is 0 Å². The van der Waals surface area contributed by atoms with Gasteiger partial charge in [0.05, 0.1) is 13.2 Å². The summed E-state index contributed by atoms with van der Waals surface area (Å²) in [5.74, 6) is 1.53. The maximum atomic E-state index is 6.14. The van der Waals surface area contributed by atoms with Gasteiger partial charge in [0.15, 0.2) is 0 Å². The number of rotatable bonds is 6. The summed E-state index contributed by atoms with van der Waals surface area (Å²) in [5.41, 5.74) is 1.01. The number of halogens is 3. The van der Waals surface area contributed by atoms with E-state index in [1.807, 2.05) is 37.3 Å². The van der Waals surface area contributed by atoms with Crippen molar-refractivity contribution in [2.75, 3.05) is 13.2 Å². The second-order valence-electron chi connectivity index (χ2n) is 4.34. The molecule has 21 heavy (non-hydrogen) atoms. The minimum Gasteiger partial charge on any atom is -0.493 e. The maximum absolute atomic E-state index is 6.14. The predicted octanol–water partition coefficient (Wildman–Crippen LogP) is 5.78. The summed E-state index contributed by atoms with van der Waals surface area (Å²) >= 11 is 15.5. The van der Waals surface area contributed by atoms with E-state index in [0.717, 1.165) is 21.5 Å². The lowest BCUT2D eigenvalue weighted by atomic mass is 10.1. The quantitative estimate of drug-likeness (QED) is 0.623. The van der Waals surface area contributed by atoms with Gasteiger partial charge in [0.1, 0.15) is 16.0 Å². The van der Waals surface area contributed by atoms with E-state index >= 15 is 0 Å². The molecule has 0 aliphatic carbocycles. The van der Waals surface area contributed by atoms with Crippen molar-refractivity contribution in [1.82, 2.24) is 0 Å². The van der Waals surface area contributed by atoms with Crippen LogP contribution >= 0.6 is 39.1 Å². The van der Waals surface area contributed by atoms with Gasteiger partial charge in [0, 0.05) is 16.5 Å². The highest BCUT2D eigenvalue weighted by Crippen LogP contribution is 2.34. The molecular weight excluding hydrogens is 375 g/mol. The summed E-state index contributed by atoms with van der Waals surface area (Å²) in [6, 6.07) is 11.2. The number of ether oxygens (including phenoxy) is 2. The van der Waals surface area contributed by atoms with Crippen molar-refractivity contribution in [2.45, 2.75) is 13.3 Å². The third-order valence-corrected chi connectivity index (χ3v) is 4.24. The molecule has 0 saturated heterocycles. The largest absolute Gasteiger partial charge is 0.493 e. The van der Waals surface area contributed by atoms with Crippen LogP contribution in [0.5, 0.6) is 11.5 Å². The Morgan fingerprint density at radius 1 is 1.05 bits per heavy atom. The zero-order valence-electron chi connectivity index (χ0n) is 11.5. The first-order valence-electron chi connectivity index (χ1n) is 6.60. The molecule has 0 atom stereocenters. The molecule has 0 N–H and O–H groups in total. The van der Waals surface area contributed by atoms with E-state index in [2.05, 4.69) is 15.9 Å². The average molecular weight is 390 g/mol. The lowest BCUT2D eigenvalue weighted by Gasteiger charge is -2.12. The van der Waals surface area contributed by atoms with Gasteiger partial charge in [-0.05, 0) is 52.7 Å². The van der Waals surface area contributed by atoms with Gasteiger partial charge in [-0.3, -0.25) is 0 Å². The predicted molar refractivity (Wildman–Crippen MR) is 91.0 cm³/mol. The van der Waals surface area contributed by atoms with Gasteiger partial charge >= 0.3 is 0 Å². The molecule has 0 aliphatic heterocycles. The lowest BCUT2D eigenvalue weighted by molar-refractivity contribution is 0.308. The fraction of sp³-hybridized carbons (Fsp3) is 0.250. The molecule has 0 spiro atoms. The SMILES string of the molecule is CCOc1cccc(OCCc2ccc(Cl)cc2Cl)c1Br. The molecule has 112 valence electrons. The van der Waals surface area contributed by atoms with Gasteiger partial charge in [-0.1, -0.05) is 35.3 Å². The van der Waals surface area contributed by atoms with E-state index in [-0.39, 0.29) is 0 Å². The Kier molecular flexibility index (Phi) is 6.22. The summed E-state index contributed by atoms with van der Waals surface area (Å²) in [6.45, 7) is 3.08. The first kappa shape index (κ1) is 16.5. The molecule has 2 rings (SSSR count). The summed E-state index contributed by atoms with van der Waals surface area (Å²) in [4.78, 5) is 0. The zero-order chi connectivity index (χ0) is 15.2. The van der Waals surface area contributed by atoms with Crippen LogP contribution in [0.15, 0.2) is 40.9 Å². The minimum absolute atomic E-state index is 0.523. The van der Waals surface area contributed by atoms with Crippen LogP contribution in [-0.2, 0) is 6.42 Å².